The van der Waals surface area contributed by atoms with Crippen LogP contribution in [-0.2, 0) is 20.7 Å². The van der Waals surface area contributed by atoms with Gasteiger partial charge in [0.2, 0.25) is 0 Å². The van der Waals surface area contributed by atoms with E-state index in [1.54, 1.807) is 30.3 Å². The van der Waals surface area contributed by atoms with E-state index in [2.05, 4.69) is 13.5 Å². The maximum atomic E-state index is 12.9. The van der Waals surface area contributed by atoms with E-state index in [4.69, 9.17) is 9.47 Å². The Morgan fingerprint density at radius 1 is 1.13 bits per heavy atom. The molecule has 0 aromatic heterocycles. The number of Topliss-reactive ketones (excluding diaryl/α,β-unsaturated/α-hetero) is 1. The lowest BCUT2D eigenvalue weighted by Gasteiger charge is -2.25. The van der Waals surface area contributed by atoms with Crippen LogP contribution >= 0.6 is 0 Å². The highest BCUT2D eigenvalue weighted by molar-refractivity contribution is 6.46. The normalized spacial score (nSPS) is 17.7. The Balaban J connectivity index is 2.05. The molecule has 0 spiro atoms. The van der Waals surface area contributed by atoms with Crippen molar-refractivity contribution in [1.29, 1.82) is 0 Å². The van der Waals surface area contributed by atoms with Crippen LogP contribution in [0, 0.1) is 0 Å². The summed E-state index contributed by atoms with van der Waals surface area (Å²) in [4.78, 5) is 27.2. The number of amides is 1. The molecular weight excluding hydrogens is 394 g/mol. The molecule has 31 heavy (non-hydrogen) atoms. The van der Waals surface area contributed by atoms with Gasteiger partial charge in [-0.05, 0) is 41.8 Å². The van der Waals surface area contributed by atoms with Crippen molar-refractivity contribution >= 4 is 17.4 Å². The SMILES string of the molecule is C=CCOc1ccc(/C(O)=C2\C(=O)C(=O)N(CCOC)C2c2ccc(CC)cc2)cc1. The molecule has 1 N–H and O–H groups in total. The fourth-order valence-electron chi connectivity index (χ4n) is 3.60. The number of likely N-dealkylation sites (tertiary alicyclic amines) is 1. The van der Waals surface area contributed by atoms with Gasteiger partial charge in [0.25, 0.3) is 11.7 Å². The van der Waals surface area contributed by atoms with Gasteiger partial charge in [-0.2, -0.15) is 0 Å². The van der Waals surface area contributed by atoms with Gasteiger partial charge in [-0.3, -0.25) is 9.59 Å². The van der Waals surface area contributed by atoms with Gasteiger partial charge in [-0.15, -0.1) is 0 Å². The van der Waals surface area contributed by atoms with Gasteiger partial charge in [0, 0.05) is 19.2 Å². The fraction of sp³-hybridized carbons (Fsp3) is 0.280. The fourth-order valence-corrected chi connectivity index (χ4v) is 3.60. The molecule has 1 atom stereocenters. The van der Waals surface area contributed by atoms with Crippen LogP contribution in [0.15, 0.2) is 66.8 Å². The first-order valence-electron chi connectivity index (χ1n) is 10.2. The molecule has 1 saturated heterocycles. The number of aliphatic hydroxyl groups is 1. The molecule has 1 unspecified atom stereocenters. The molecule has 0 radical (unpaired) electrons. The van der Waals surface area contributed by atoms with Crippen LogP contribution in [0.1, 0.15) is 29.7 Å². The average Bonchev–Trinajstić information content (AvgIpc) is 3.06. The number of carbonyl (C=O) groups excluding carboxylic acids is 2. The Labute approximate surface area is 182 Å². The van der Waals surface area contributed by atoms with Crippen molar-refractivity contribution in [3.05, 3.63) is 83.4 Å². The second-order valence-electron chi connectivity index (χ2n) is 7.20. The number of rotatable bonds is 9. The van der Waals surface area contributed by atoms with Crippen LogP contribution in [-0.4, -0.2) is 48.6 Å². The summed E-state index contributed by atoms with van der Waals surface area (Å²) < 4.78 is 10.6. The number of ether oxygens (including phenoxy) is 2. The number of aryl methyl sites for hydroxylation is 1. The maximum Gasteiger partial charge on any atom is 0.295 e. The predicted octanol–water partition coefficient (Wildman–Crippen LogP) is 3.88. The van der Waals surface area contributed by atoms with Gasteiger partial charge >= 0.3 is 0 Å². The van der Waals surface area contributed by atoms with Crippen molar-refractivity contribution in [2.45, 2.75) is 19.4 Å². The lowest BCUT2D eigenvalue weighted by atomic mass is 9.94. The highest BCUT2D eigenvalue weighted by atomic mass is 16.5. The highest BCUT2D eigenvalue weighted by Gasteiger charge is 2.45. The van der Waals surface area contributed by atoms with Crippen molar-refractivity contribution in [2.24, 2.45) is 0 Å². The summed E-state index contributed by atoms with van der Waals surface area (Å²) in [6.07, 6.45) is 2.52. The van der Waals surface area contributed by atoms with Crippen molar-refractivity contribution < 1.29 is 24.2 Å². The second kappa shape index (κ2) is 10.1. The van der Waals surface area contributed by atoms with E-state index in [1.165, 1.54) is 12.0 Å². The molecule has 1 aliphatic heterocycles. The first kappa shape index (κ1) is 22.3. The summed E-state index contributed by atoms with van der Waals surface area (Å²) in [5, 5.41) is 11.0. The topological polar surface area (TPSA) is 76.1 Å². The third kappa shape index (κ3) is 4.70. The van der Waals surface area contributed by atoms with Crippen LogP contribution < -0.4 is 4.74 Å². The van der Waals surface area contributed by atoms with Crippen molar-refractivity contribution in [3.63, 3.8) is 0 Å². The van der Waals surface area contributed by atoms with Crippen LogP contribution in [0.25, 0.3) is 5.76 Å². The highest BCUT2D eigenvalue weighted by Crippen LogP contribution is 2.39. The number of nitrogens with zero attached hydrogens (tertiary/aromatic N) is 1. The summed E-state index contributed by atoms with van der Waals surface area (Å²) in [7, 11) is 1.54. The van der Waals surface area contributed by atoms with Crippen LogP contribution in [0.5, 0.6) is 5.75 Å². The first-order chi connectivity index (χ1) is 15.0. The zero-order valence-electron chi connectivity index (χ0n) is 17.8. The zero-order valence-corrected chi connectivity index (χ0v) is 17.8. The molecule has 6 nitrogen and oxygen atoms in total. The van der Waals surface area contributed by atoms with Crippen molar-refractivity contribution in [3.8, 4) is 5.75 Å². The minimum atomic E-state index is -0.704. The van der Waals surface area contributed by atoms with Crippen LogP contribution in [0.2, 0.25) is 0 Å². The molecule has 3 rings (SSSR count). The minimum absolute atomic E-state index is 0.0742. The molecule has 2 aromatic carbocycles. The quantitative estimate of drug-likeness (QED) is 0.288. The van der Waals surface area contributed by atoms with Crippen LogP contribution in [0.3, 0.4) is 0 Å². The number of benzene rings is 2. The van der Waals surface area contributed by atoms with Crippen molar-refractivity contribution in [1.82, 2.24) is 4.90 Å². The van der Waals surface area contributed by atoms with Crippen molar-refractivity contribution in [2.75, 3.05) is 26.9 Å². The average molecular weight is 421 g/mol. The van der Waals surface area contributed by atoms with E-state index >= 15 is 0 Å². The number of hydrogen-bond acceptors (Lipinski definition) is 5. The van der Waals surface area contributed by atoms with Gasteiger partial charge in [0.05, 0.1) is 18.2 Å². The summed E-state index contributed by atoms with van der Waals surface area (Å²) in [6, 6.07) is 13.8. The molecule has 0 bridgehead atoms. The monoisotopic (exact) mass is 421 g/mol. The molecular formula is C25H27NO5. The van der Waals surface area contributed by atoms with E-state index in [0.717, 1.165) is 17.5 Å². The summed E-state index contributed by atoms with van der Waals surface area (Å²) in [6.45, 7) is 6.56. The Hall–Kier alpha value is -3.38. The van der Waals surface area contributed by atoms with E-state index in [-0.39, 0.29) is 24.5 Å². The number of methoxy groups -OCH3 is 1. The Morgan fingerprint density at radius 3 is 2.39 bits per heavy atom. The Kier molecular flexibility index (Phi) is 7.26. The number of carbonyl (C=O) groups is 2. The van der Waals surface area contributed by atoms with Gasteiger partial charge in [-0.1, -0.05) is 43.8 Å². The third-order valence-corrected chi connectivity index (χ3v) is 5.28. The van der Waals surface area contributed by atoms with E-state index in [9.17, 15) is 14.7 Å². The molecule has 0 aliphatic carbocycles. The van der Waals surface area contributed by atoms with E-state index < -0.39 is 17.7 Å². The summed E-state index contributed by atoms with van der Waals surface area (Å²) in [5.41, 5.74) is 2.42. The molecule has 1 fully saturated rings. The second-order valence-corrected chi connectivity index (χ2v) is 7.20. The smallest absolute Gasteiger partial charge is 0.295 e. The zero-order chi connectivity index (χ0) is 22.4. The largest absolute Gasteiger partial charge is 0.507 e. The number of ketones is 1. The minimum Gasteiger partial charge on any atom is -0.507 e. The molecule has 1 heterocycles. The third-order valence-electron chi connectivity index (χ3n) is 5.28. The summed E-state index contributed by atoms with van der Waals surface area (Å²) >= 11 is 0. The number of hydrogen-bond donors (Lipinski definition) is 1. The van der Waals surface area contributed by atoms with Gasteiger partial charge in [0.15, 0.2) is 0 Å². The van der Waals surface area contributed by atoms with Gasteiger partial charge < -0.3 is 19.5 Å². The molecule has 1 amide bonds. The van der Waals surface area contributed by atoms with Gasteiger partial charge in [-0.25, -0.2) is 0 Å². The van der Waals surface area contributed by atoms with E-state index in [1.807, 2.05) is 24.3 Å². The lowest BCUT2D eigenvalue weighted by Crippen LogP contribution is -2.32. The van der Waals surface area contributed by atoms with E-state index in [0.29, 0.717) is 17.9 Å². The Bertz CT molecular complexity index is 976. The standard InChI is InChI=1S/C25H27NO5/c1-4-15-31-20-12-10-19(11-13-20)23(27)21-22(18-8-6-17(5-2)7-9-18)26(14-16-30-3)25(29)24(21)28/h4,6-13,22,27H,1,5,14-16H2,2-3H3/b23-21+. The predicted molar refractivity (Wildman–Crippen MR) is 119 cm³/mol. The summed E-state index contributed by atoms with van der Waals surface area (Å²) in [5.74, 6) is -0.943. The lowest BCUT2D eigenvalue weighted by molar-refractivity contribution is -0.140. The molecule has 6 heteroatoms. The number of aliphatic hydroxyl groups excluding tert-OH is 1. The molecule has 162 valence electrons. The molecule has 1 aliphatic rings. The molecule has 2 aromatic rings. The Morgan fingerprint density at radius 2 is 1.81 bits per heavy atom. The van der Waals surface area contributed by atoms with Crippen LogP contribution in [0.4, 0.5) is 0 Å². The van der Waals surface area contributed by atoms with Gasteiger partial charge in [0.1, 0.15) is 18.1 Å². The first-order valence-corrected chi connectivity index (χ1v) is 10.2. The molecule has 0 saturated carbocycles. The maximum absolute atomic E-state index is 12.9.